The summed E-state index contributed by atoms with van der Waals surface area (Å²) in [6.45, 7) is 6.97. The standard InChI is InChI=1S/C12H25N/c1-4-10(2)11(3)13-12-8-6-5-7-9-12/h10-13H,4-9H2,1-3H3/t10-,11+/m0/s1. The number of hydrogen-bond acceptors (Lipinski definition) is 1. The molecule has 0 amide bonds. The molecule has 0 saturated heterocycles. The second-order valence-electron chi connectivity index (χ2n) is 4.68. The summed E-state index contributed by atoms with van der Waals surface area (Å²) in [4.78, 5) is 0. The first-order valence-electron chi connectivity index (χ1n) is 6.00. The molecule has 0 bridgehead atoms. The van der Waals surface area contributed by atoms with Gasteiger partial charge in [-0.25, -0.2) is 0 Å². The summed E-state index contributed by atoms with van der Waals surface area (Å²) in [7, 11) is 0. The van der Waals surface area contributed by atoms with Gasteiger partial charge in [-0.05, 0) is 25.7 Å². The number of hydrogen-bond donors (Lipinski definition) is 1. The van der Waals surface area contributed by atoms with Crippen LogP contribution in [0.2, 0.25) is 0 Å². The van der Waals surface area contributed by atoms with Crippen molar-refractivity contribution in [3.05, 3.63) is 0 Å². The quantitative estimate of drug-likeness (QED) is 0.705. The lowest BCUT2D eigenvalue weighted by atomic mass is 9.93. The van der Waals surface area contributed by atoms with E-state index in [0.29, 0.717) is 6.04 Å². The van der Waals surface area contributed by atoms with E-state index < -0.39 is 0 Å². The topological polar surface area (TPSA) is 12.0 Å². The molecule has 1 aliphatic rings. The highest BCUT2D eigenvalue weighted by Crippen LogP contribution is 2.19. The van der Waals surface area contributed by atoms with Gasteiger partial charge in [0.25, 0.3) is 0 Å². The monoisotopic (exact) mass is 183 g/mol. The van der Waals surface area contributed by atoms with Crippen LogP contribution < -0.4 is 5.32 Å². The first kappa shape index (κ1) is 11.0. The molecule has 1 heteroatoms. The van der Waals surface area contributed by atoms with E-state index >= 15 is 0 Å². The van der Waals surface area contributed by atoms with Crippen molar-refractivity contribution >= 4 is 0 Å². The molecule has 2 atom stereocenters. The minimum absolute atomic E-state index is 0.702. The van der Waals surface area contributed by atoms with Crippen molar-refractivity contribution in [1.29, 1.82) is 0 Å². The van der Waals surface area contributed by atoms with Crippen molar-refractivity contribution < 1.29 is 0 Å². The summed E-state index contributed by atoms with van der Waals surface area (Å²) in [5.41, 5.74) is 0. The van der Waals surface area contributed by atoms with Gasteiger partial charge < -0.3 is 5.32 Å². The minimum Gasteiger partial charge on any atom is -0.311 e. The smallest absolute Gasteiger partial charge is 0.00696 e. The Morgan fingerprint density at radius 3 is 2.31 bits per heavy atom. The van der Waals surface area contributed by atoms with Crippen LogP contribution in [0.25, 0.3) is 0 Å². The summed E-state index contributed by atoms with van der Waals surface area (Å²) >= 11 is 0. The highest BCUT2D eigenvalue weighted by Gasteiger charge is 2.17. The third-order valence-corrected chi connectivity index (χ3v) is 3.60. The van der Waals surface area contributed by atoms with Crippen molar-refractivity contribution in [2.75, 3.05) is 0 Å². The van der Waals surface area contributed by atoms with Crippen LogP contribution in [0.3, 0.4) is 0 Å². The van der Waals surface area contributed by atoms with Gasteiger partial charge in [-0.2, -0.15) is 0 Å². The molecule has 0 spiro atoms. The molecule has 13 heavy (non-hydrogen) atoms. The molecule has 0 heterocycles. The Bertz CT molecular complexity index is 127. The van der Waals surface area contributed by atoms with E-state index in [-0.39, 0.29) is 0 Å². The normalized spacial score (nSPS) is 24.2. The molecule has 0 aromatic rings. The van der Waals surface area contributed by atoms with Crippen LogP contribution in [-0.2, 0) is 0 Å². The molecule has 1 N–H and O–H groups in total. The fraction of sp³-hybridized carbons (Fsp3) is 1.00. The zero-order valence-electron chi connectivity index (χ0n) is 9.47. The molecule has 0 aliphatic heterocycles. The first-order valence-corrected chi connectivity index (χ1v) is 6.00. The molecule has 1 nitrogen and oxygen atoms in total. The van der Waals surface area contributed by atoms with E-state index in [2.05, 4.69) is 26.1 Å². The summed E-state index contributed by atoms with van der Waals surface area (Å²) in [5.74, 6) is 0.821. The lowest BCUT2D eigenvalue weighted by Gasteiger charge is -2.29. The van der Waals surface area contributed by atoms with Crippen LogP contribution >= 0.6 is 0 Å². The lowest BCUT2D eigenvalue weighted by Crippen LogP contribution is -2.41. The predicted molar refractivity (Wildman–Crippen MR) is 58.9 cm³/mol. The van der Waals surface area contributed by atoms with Gasteiger partial charge in [-0.3, -0.25) is 0 Å². The zero-order chi connectivity index (χ0) is 9.68. The molecule has 78 valence electrons. The Morgan fingerprint density at radius 1 is 1.15 bits per heavy atom. The fourth-order valence-electron chi connectivity index (χ4n) is 2.16. The molecule has 1 saturated carbocycles. The summed E-state index contributed by atoms with van der Waals surface area (Å²) in [6, 6.07) is 1.52. The molecule has 1 rings (SSSR count). The van der Waals surface area contributed by atoms with Crippen LogP contribution in [0.4, 0.5) is 0 Å². The second-order valence-corrected chi connectivity index (χ2v) is 4.68. The van der Waals surface area contributed by atoms with Crippen LogP contribution in [0.1, 0.15) is 59.3 Å². The van der Waals surface area contributed by atoms with Crippen LogP contribution in [-0.4, -0.2) is 12.1 Å². The molecule has 1 aliphatic carbocycles. The largest absolute Gasteiger partial charge is 0.311 e. The maximum absolute atomic E-state index is 3.77. The molecule has 0 aromatic carbocycles. The average molecular weight is 183 g/mol. The van der Waals surface area contributed by atoms with Gasteiger partial charge in [0.2, 0.25) is 0 Å². The summed E-state index contributed by atoms with van der Waals surface area (Å²) in [6.07, 6.45) is 8.42. The Kier molecular flexibility index (Phi) is 4.79. The van der Waals surface area contributed by atoms with E-state index in [1.54, 1.807) is 0 Å². The van der Waals surface area contributed by atoms with E-state index in [4.69, 9.17) is 0 Å². The van der Waals surface area contributed by atoms with Crippen molar-refractivity contribution in [3.8, 4) is 0 Å². The Labute approximate surface area is 83.3 Å². The highest BCUT2D eigenvalue weighted by atomic mass is 14.9. The van der Waals surface area contributed by atoms with Crippen molar-refractivity contribution in [3.63, 3.8) is 0 Å². The second kappa shape index (κ2) is 5.64. The molecular formula is C12H25N. The van der Waals surface area contributed by atoms with Gasteiger partial charge in [0.15, 0.2) is 0 Å². The van der Waals surface area contributed by atoms with Crippen molar-refractivity contribution in [1.82, 2.24) is 5.32 Å². The molecule has 0 aromatic heterocycles. The zero-order valence-corrected chi connectivity index (χ0v) is 9.47. The Balaban J connectivity index is 2.21. The van der Waals surface area contributed by atoms with Crippen LogP contribution in [0, 0.1) is 5.92 Å². The van der Waals surface area contributed by atoms with E-state index in [9.17, 15) is 0 Å². The summed E-state index contributed by atoms with van der Waals surface area (Å²) < 4.78 is 0. The molecule has 1 fully saturated rings. The SMILES string of the molecule is CC[C@H](C)[C@@H](C)NC1CCCCC1. The third kappa shape index (κ3) is 3.68. The van der Waals surface area contributed by atoms with Crippen molar-refractivity contribution in [2.24, 2.45) is 5.92 Å². The summed E-state index contributed by atoms with van der Waals surface area (Å²) in [5, 5.41) is 3.77. The molecule has 0 radical (unpaired) electrons. The number of rotatable bonds is 4. The van der Waals surface area contributed by atoms with E-state index in [0.717, 1.165) is 12.0 Å². The fourth-order valence-corrected chi connectivity index (χ4v) is 2.16. The van der Waals surface area contributed by atoms with Gasteiger partial charge in [-0.15, -0.1) is 0 Å². The maximum atomic E-state index is 3.77. The van der Waals surface area contributed by atoms with Gasteiger partial charge >= 0.3 is 0 Å². The van der Waals surface area contributed by atoms with Crippen LogP contribution in [0.15, 0.2) is 0 Å². The van der Waals surface area contributed by atoms with Gasteiger partial charge in [0.1, 0.15) is 0 Å². The molecular weight excluding hydrogens is 158 g/mol. The van der Waals surface area contributed by atoms with Gasteiger partial charge in [0, 0.05) is 12.1 Å². The molecule has 0 unspecified atom stereocenters. The predicted octanol–water partition coefficient (Wildman–Crippen LogP) is 3.34. The Morgan fingerprint density at radius 2 is 1.77 bits per heavy atom. The highest BCUT2D eigenvalue weighted by molar-refractivity contribution is 4.77. The minimum atomic E-state index is 0.702. The van der Waals surface area contributed by atoms with Gasteiger partial charge in [-0.1, -0.05) is 39.5 Å². The Hall–Kier alpha value is -0.0400. The van der Waals surface area contributed by atoms with Crippen LogP contribution in [0.5, 0.6) is 0 Å². The lowest BCUT2D eigenvalue weighted by molar-refractivity contribution is 0.297. The van der Waals surface area contributed by atoms with E-state index in [1.165, 1.54) is 38.5 Å². The third-order valence-electron chi connectivity index (χ3n) is 3.60. The van der Waals surface area contributed by atoms with Crippen molar-refractivity contribution in [2.45, 2.75) is 71.4 Å². The van der Waals surface area contributed by atoms with E-state index in [1.807, 2.05) is 0 Å². The first-order chi connectivity index (χ1) is 6.24. The van der Waals surface area contributed by atoms with Gasteiger partial charge in [0.05, 0.1) is 0 Å². The maximum Gasteiger partial charge on any atom is 0.00696 e. The number of nitrogens with one attached hydrogen (secondary N) is 1. The average Bonchev–Trinajstić information content (AvgIpc) is 2.18.